The lowest BCUT2D eigenvalue weighted by atomic mass is 9.92. The summed E-state index contributed by atoms with van der Waals surface area (Å²) in [5.74, 6) is -0.162. The number of aryl methyl sites for hydroxylation is 1. The van der Waals surface area contributed by atoms with Crippen LogP contribution >= 0.6 is 0 Å². The van der Waals surface area contributed by atoms with Gasteiger partial charge in [0, 0.05) is 24.2 Å². The van der Waals surface area contributed by atoms with Crippen LogP contribution in [-0.4, -0.2) is 53.1 Å². The first-order chi connectivity index (χ1) is 15.3. The molecule has 0 saturated heterocycles. The van der Waals surface area contributed by atoms with Gasteiger partial charge in [-0.1, -0.05) is 50.5 Å². The number of hydrogen-bond donors (Lipinski definition) is 3. The van der Waals surface area contributed by atoms with E-state index in [1.54, 1.807) is 0 Å². The largest absolute Gasteiger partial charge is 0.481 e. The Kier molecular flexibility index (Phi) is 10.4. The molecule has 0 radical (unpaired) electrons. The molecule has 1 unspecified atom stereocenters. The number of nitrogens with two attached hydrogens (primary N) is 1. The molecule has 32 heavy (non-hydrogen) atoms. The molecule has 2 rings (SSSR count). The van der Waals surface area contributed by atoms with Crippen molar-refractivity contribution in [2.24, 2.45) is 0 Å². The van der Waals surface area contributed by atoms with Gasteiger partial charge in [0.05, 0.1) is 5.92 Å². The van der Waals surface area contributed by atoms with Gasteiger partial charge in [0.1, 0.15) is 5.82 Å². The lowest BCUT2D eigenvalue weighted by Gasteiger charge is -2.16. The van der Waals surface area contributed by atoms with E-state index in [0.29, 0.717) is 12.8 Å². The SMILES string of the molecule is CCCCCNc1nc(N)nc(C)c1Cc1ccc(C(CCCCN(C)C)C(=O)O)cc1. The molecule has 7 nitrogen and oxygen atoms in total. The van der Waals surface area contributed by atoms with E-state index in [0.717, 1.165) is 60.6 Å². The number of nitrogens with one attached hydrogen (secondary N) is 1. The zero-order valence-electron chi connectivity index (χ0n) is 20.0. The maximum absolute atomic E-state index is 11.8. The molecule has 0 saturated carbocycles. The first-order valence-corrected chi connectivity index (χ1v) is 11.6. The fraction of sp³-hybridized carbons (Fsp3) is 0.560. The number of aromatic nitrogens is 2. The third-order valence-electron chi connectivity index (χ3n) is 5.71. The van der Waals surface area contributed by atoms with E-state index in [1.807, 2.05) is 45.3 Å². The number of nitrogen functional groups attached to an aromatic ring is 1. The van der Waals surface area contributed by atoms with Crippen LogP contribution in [0.5, 0.6) is 0 Å². The van der Waals surface area contributed by atoms with Gasteiger partial charge in [-0.25, -0.2) is 4.98 Å². The van der Waals surface area contributed by atoms with Crippen LogP contribution in [0.25, 0.3) is 0 Å². The van der Waals surface area contributed by atoms with Gasteiger partial charge in [0.2, 0.25) is 5.95 Å². The summed E-state index contributed by atoms with van der Waals surface area (Å²) in [6.45, 7) is 5.96. The number of benzene rings is 1. The average molecular weight is 442 g/mol. The molecule has 0 aliphatic heterocycles. The van der Waals surface area contributed by atoms with Gasteiger partial charge >= 0.3 is 5.97 Å². The molecule has 7 heteroatoms. The van der Waals surface area contributed by atoms with Crippen molar-refractivity contribution in [2.75, 3.05) is 38.2 Å². The van der Waals surface area contributed by atoms with Crippen LogP contribution in [0.3, 0.4) is 0 Å². The van der Waals surface area contributed by atoms with Crippen LogP contribution in [0.2, 0.25) is 0 Å². The van der Waals surface area contributed by atoms with Gasteiger partial charge < -0.3 is 21.1 Å². The minimum absolute atomic E-state index is 0.276. The van der Waals surface area contributed by atoms with Crippen LogP contribution in [0, 0.1) is 6.92 Å². The van der Waals surface area contributed by atoms with Crippen LogP contribution in [0.1, 0.15) is 73.8 Å². The Balaban J connectivity index is 2.10. The predicted molar refractivity (Wildman–Crippen MR) is 131 cm³/mol. The second-order valence-electron chi connectivity index (χ2n) is 8.74. The average Bonchev–Trinajstić information content (AvgIpc) is 2.73. The molecule has 0 fully saturated rings. The second kappa shape index (κ2) is 13.0. The number of unbranched alkanes of at least 4 members (excludes halogenated alkanes) is 3. The van der Waals surface area contributed by atoms with Crippen LogP contribution in [0.15, 0.2) is 24.3 Å². The van der Waals surface area contributed by atoms with E-state index in [1.165, 1.54) is 12.8 Å². The number of carboxylic acid groups (broad SMARTS) is 1. The van der Waals surface area contributed by atoms with Gasteiger partial charge in [-0.2, -0.15) is 4.98 Å². The smallest absolute Gasteiger partial charge is 0.310 e. The zero-order valence-corrected chi connectivity index (χ0v) is 20.0. The zero-order chi connectivity index (χ0) is 23.5. The Bertz CT molecular complexity index is 852. The van der Waals surface area contributed by atoms with Crippen molar-refractivity contribution in [3.05, 3.63) is 46.6 Å². The summed E-state index contributed by atoms with van der Waals surface area (Å²) >= 11 is 0. The van der Waals surface area contributed by atoms with Crippen molar-refractivity contribution in [2.45, 2.75) is 64.7 Å². The topological polar surface area (TPSA) is 104 Å². The van der Waals surface area contributed by atoms with Gasteiger partial charge in [-0.05, 0) is 58.0 Å². The summed E-state index contributed by atoms with van der Waals surface area (Å²) in [5, 5.41) is 13.1. The number of hydrogen-bond acceptors (Lipinski definition) is 6. The van der Waals surface area contributed by atoms with Crippen LogP contribution in [-0.2, 0) is 11.2 Å². The molecule has 1 atom stereocenters. The molecule has 2 aromatic rings. The minimum Gasteiger partial charge on any atom is -0.481 e. The van der Waals surface area contributed by atoms with Crippen molar-refractivity contribution < 1.29 is 9.90 Å². The van der Waals surface area contributed by atoms with Crippen LogP contribution in [0.4, 0.5) is 11.8 Å². The highest BCUT2D eigenvalue weighted by molar-refractivity contribution is 5.76. The van der Waals surface area contributed by atoms with Crippen molar-refractivity contribution in [3.8, 4) is 0 Å². The van der Waals surface area contributed by atoms with E-state index < -0.39 is 11.9 Å². The number of carboxylic acids is 1. The summed E-state index contributed by atoms with van der Waals surface area (Å²) in [6, 6.07) is 7.92. The Morgan fingerprint density at radius 1 is 1.12 bits per heavy atom. The summed E-state index contributed by atoms with van der Waals surface area (Å²) in [5.41, 5.74) is 9.73. The van der Waals surface area contributed by atoms with Gasteiger partial charge in [0.15, 0.2) is 0 Å². The first-order valence-electron chi connectivity index (χ1n) is 11.6. The summed E-state index contributed by atoms with van der Waals surface area (Å²) in [4.78, 5) is 22.7. The van der Waals surface area contributed by atoms with E-state index >= 15 is 0 Å². The molecule has 0 aliphatic rings. The minimum atomic E-state index is -0.760. The molecule has 1 aromatic heterocycles. The van der Waals surface area contributed by atoms with E-state index in [2.05, 4.69) is 27.1 Å². The molecular weight excluding hydrogens is 402 g/mol. The Morgan fingerprint density at radius 3 is 2.47 bits per heavy atom. The number of aliphatic carboxylic acids is 1. The molecule has 4 N–H and O–H groups in total. The lowest BCUT2D eigenvalue weighted by Crippen LogP contribution is -2.15. The summed E-state index contributed by atoms with van der Waals surface area (Å²) in [6.07, 6.45) is 6.63. The fourth-order valence-corrected chi connectivity index (χ4v) is 3.84. The van der Waals surface area contributed by atoms with Crippen molar-refractivity contribution in [3.63, 3.8) is 0 Å². The Labute approximate surface area is 192 Å². The van der Waals surface area contributed by atoms with E-state index in [4.69, 9.17) is 5.73 Å². The standard InChI is InChI=1S/C25H39N5O2/c1-5-6-8-15-27-23-22(18(2)28-25(26)29-23)17-19-11-13-20(14-12-19)21(24(31)32)10-7-9-16-30(3)4/h11-14,21H,5-10,15-17H2,1-4H3,(H,31,32)(H3,26,27,28,29). The van der Waals surface area contributed by atoms with Crippen molar-refractivity contribution in [1.82, 2.24) is 14.9 Å². The third-order valence-corrected chi connectivity index (χ3v) is 5.71. The normalized spacial score (nSPS) is 12.2. The Hall–Kier alpha value is -2.67. The van der Waals surface area contributed by atoms with E-state index in [9.17, 15) is 9.90 Å². The number of rotatable bonds is 14. The molecule has 1 aromatic carbocycles. The molecule has 176 valence electrons. The predicted octanol–water partition coefficient (Wildman–Crippen LogP) is 4.46. The molecule has 0 aliphatic carbocycles. The number of nitrogens with zero attached hydrogens (tertiary/aromatic N) is 3. The highest BCUT2D eigenvalue weighted by atomic mass is 16.4. The second-order valence-corrected chi connectivity index (χ2v) is 8.74. The highest BCUT2D eigenvalue weighted by Gasteiger charge is 2.19. The third kappa shape index (κ3) is 8.11. The monoisotopic (exact) mass is 441 g/mol. The maximum atomic E-state index is 11.8. The van der Waals surface area contributed by atoms with Gasteiger partial charge in [0.25, 0.3) is 0 Å². The van der Waals surface area contributed by atoms with Gasteiger partial charge in [-0.3, -0.25) is 4.79 Å². The Morgan fingerprint density at radius 2 is 1.84 bits per heavy atom. The summed E-state index contributed by atoms with van der Waals surface area (Å²) < 4.78 is 0. The number of anilines is 2. The van der Waals surface area contributed by atoms with Crippen LogP contribution < -0.4 is 11.1 Å². The van der Waals surface area contributed by atoms with E-state index in [-0.39, 0.29) is 5.95 Å². The molecule has 0 spiro atoms. The molecule has 0 amide bonds. The van der Waals surface area contributed by atoms with Crippen molar-refractivity contribution in [1.29, 1.82) is 0 Å². The maximum Gasteiger partial charge on any atom is 0.310 e. The highest BCUT2D eigenvalue weighted by Crippen LogP contribution is 2.26. The quantitative estimate of drug-likeness (QED) is 0.372. The molecule has 1 heterocycles. The molecular formula is C25H39N5O2. The molecule has 0 bridgehead atoms. The summed E-state index contributed by atoms with van der Waals surface area (Å²) in [7, 11) is 4.07. The van der Waals surface area contributed by atoms with Crippen molar-refractivity contribution >= 4 is 17.7 Å². The fourth-order valence-electron chi connectivity index (χ4n) is 3.84. The number of carbonyl (C=O) groups is 1. The first kappa shape index (κ1) is 25.6. The lowest BCUT2D eigenvalue weighted by molar-refractivity contribution is -0.139. The van der Waals surface area contributed by atoms with Gasteiger partial charge in [-0.15, -0.1) is 0 Å².